The van der Waals surface area contributed by atoms with Crippen LogP contribution in [0.4, 0.5) is 4.39 Å². The number of rotatable bonds is 5. The van der Waals surface area contributed by atoms with E-state index in [1.54, 1.807) is 6.07 Å². The lowest BCUT2D eigenvalue weighted by atomic mass is 10.1. The van der Waals surface area contributed by atoms with E-state index in [-0.39, 0.29) is 5.82 Å². The molecule has 0 saturated carbocycles. The van der Waals surface area contributed by atoms with E-state index in [0.717, 1.165) is 27.8 Å². The summed E-state index contributed by atoms with van der Waals surface area (Å²) in [4.78, 5) is 0. The molecule has 2 aromatic carbocycles. The highest BCUT2D eigenvalue weighted by Gasteiger charge is 2.05. The Morgan fingerprint density at radius 1 is 1.16 bits per heavy atom. The third kappa shape index (κ3) is 4.04. The molecule has 2 aromatic rings. The average molecular weight is 324 g/mol. The van der Waals surface area contributed by atoms with Crippen LogP contribution < -0.4 is 10.5 Å². The molecule has 0 aliphatic carbocycles. The van der Waals surface area contributed by atoms with Gasteiger partial charge < -0.3 is 10.5 Å². The van der Waals surface area contributed by atoms with Crippen LogP contribution in [0, 0.1) is 5.82 Å². The fourth-order valence-electron chi connectivity index (χ4n) is 1.83. The van der Waals surface area contributed by atoms with Crippen molar-refractivity contribution in [2.45, 2.75) is 13.0 Å². The van der Waals surface area contributed by atoms with Gasteiger partial charge in [-0.05, 0) is 54.4 Å². The summed E-state index contributed by atoms with van der Waals surface area (Å²) in [7, 11) is 0. The molecule has 0 radical (unpaired) electrons. The molecule has 0 bridgehead atoms. The van der Waals surface area contributed by atoms with Crippen LogP contribution in [0.1, 0.15) is 11.1 Å². The standard InChI is InChI=1S/C15H15BrFNO/c16-13-4-5-15(12(9-13)6-7-18)19-10-11-2-1-3-14(17)8-11/h1-5,8-9H,6-7,10,18H2. The molecule has 2 nitrogen and oxygen atoms in total. The topological polar surface area (TPSA) is 35.2 Å². The van der Waals surface area contributed by atoms with Crippen molar-refractivity contribution < 1.29 is 9.13 Å². The minimum atomic E-state index is -0.251. The lowest BCUT2D eigenvalue weighted by Crippen LogP contribution is -2.05. The van der Waals surface area contributed by atoms with Crippen LogP contribution in [-0.4, -0.2) is 6.54 Å². The molecule has 0 aliphatic rings. The zero-order chi connectivity index (χ0) is 13.7. The van der Waals surface area contributed by atoms with Crippen LogP contribution in [0.2, 0.25) is 0 Å². The summed E-state index contributed by atoms with van der Waals surface area (Å²) in [5.41, 5.74) is 7.44. The zero-order valence-electron chi connectivity index (χ0n) is 10.4. The van der Waals surface area contributed by atoms with Gasteiger partial charge in [-0.3, -0.25) is 0 Å². The van der Waals surface area contributed by atoms with Crippen molar-refractivity contribution in [3.63, 3.8) is 0 Å². The first-order valence-electron chi connectivity index (χ1n) is 6.05. The molecule has 19 heavy (non-hydrogen) atoms. The first-order chi connectivity index (χ1) is 9.19. The maximum atomic E-state index is 13.1. The van der Waals surface area contributed by atoms with Gasteiger partial charge in [-0.1, -0.05) is 28.1 Å². The van der Waals surface area contributed by atoms with E-state index in [1.165, 1.54) is 12.1 Å². The molecule has 2 N–H and O–H groups in total. The van der Waals surface area contributed by atoms with Crippen molar-refractivity contribution in [2.75, 3.05) is 6.54 Å². The van der Waals surface area contributed by atoms with Crippen molar-refractivity contribution in [2.24, 2.45) is 5.73 Å². The third-order valence-corrected chi connectivity index (χ3v) is 3.21. The summed E-state index contributed by atoms with van der Waals surface area (Å²) >= 11 is 3.43. The van der Waals surface area contributed by atoms with Gasteiger partial charge in [0.1, 0.15) is 18.2 Å². The van der Waals surface area contributed by atoms with Gasteiger partial charge in [0.25, 0.3) is 0 Å². The predicted octanol–water partition coefficient (Wildman–Crippen LogP) is 3.67. The summed E-state index contributed by atoms with van der Waals surface area (Å²) in [6, 6.07) is 12.2. The van der Waals surface area contributed by atoms with E-state index in [2.05, 4.69) is 15.9 Å². The molecular formula is C15H15BrFNO. The van der Waals surface area contributed by atoms with Gasteiger partial charge in [0.05, 0.1) is 0 Å². The summed E-state index contributed by atoms with van der Waals surface area (Å²) in [6.07, 6.45) is 0.748. The van der Waals surface area contributed by atoms with Crippen LogP contribution >= 0.6 is 15.9 Å². The lowest BCUT2D eigenvalue weighted by molar-refractivity contribution is 0.302. The first kappa shape index (κ1) is 14.0. The average Bonchev–Trinajstić information content (AvgIpc) is 2.38. The van der Waals surface area contributed by atoms with Gasteiger partial charge in [0, 0.05) is 4.47 Å². The smallest absolute Gasteiger partial charge is 0.123 e. The second kappa shape index (κ2) is 6.68. The van der Waals surface area contributed by atoms with Gasteiger partial charge in [0.15, 0.2) is 0 Å². The molecule has 2 rings (SSSR count). The van der Waals surface area contributed by atoms with Crippen LogP contribution in [-0.2, 0) is 13.0 Å². The van der Waals surface area contributed by atoms with Crippen LogP contribution in [0.15, 0.2) is 46.9 Å². The number of halogens is 2. The molecule has 0 atom stereocenters. The molecule has 100 valence electrons. The predicted molar refractivity (Wildman–Crippen MR) is 77.6 cm³/mol. The van der Waals surface area contributed by atoms with E-state index in [0.29, 0.717) is 13.2 Å². The molecule has 0 aliphatic heterocycles. The molecule has 0 amide bonds. The molecule has 0 aromatic heterocycles. The minimum Gasteiger partial charge on any atom is -0.489 e. The van der Waals surface area contributed by atoms with Crippen molar-refractivity contribution in [3.8, 4) is 5.75 Å². The molecule has 4 heteroatoms. The largest absolute Gasteiger partial charge is 0.489 e. The van der Waals surface area contributed by atoms with E-state index < -0.39 is 0 Å². The minimum absolute atomic E-state index is 0.251. The lowest BCUT2D eigenvalue weighted by Gasteiger charge is -2.11. The quantitative estimate of drug-likeness (QED) is 0.911. The van der Waals surface area contributed by atoms with E-state index in [1.807, 2.05) is 24.3 Å². The summed E-state index contributed by atoms with van der Waals surface area (Å²) < 4.78 is 19.8. The van der Waals surface area contributed by atoms with Gasteiger partial charge in [0.2, 0.25) is 0 Å². The number of hydrogen-bond donors (Lipinski definition) is 1. The maximum Gasteiger partial charge on any atom is 0.123 e. The highest BCUT2D eigenvalue weighted by atomic mass is 79.9. The van der Waals surface area contributed by atoms with Gasteiger partial charge in [-0.15, -0.1) is 0 Å². The first-order valence-corrected chi connectivity index (χ1v) is 6.84. The van der Waals surface area contributed by atoms with E-state index in [4.69, 9.17) is 10.5 Å². The summed E-state index contributed by atoms with van der Waals surface area (Å²) in [5, 5.41) is 0. The van der Waals surface area contributed by atoms with Crippen LogP contribution in [0.25, 0.3) is 0 Å². The van der Waals surface area contributed by atoms with E-state index in [9.17, 15) is 4.39 Å². The second-order valence-corrected chi connectivity index (χ2v) is 5.12. The van der Waals surface area contributed by atoms with Crippen LogP contribution in [0.5, 0.6) is 5.75 Å². The fraction of sp³-hybridized carbons (Fsp3) is 0.200. The maximum absolute atomic E-state index is 13.1. The molecule has 0 saturated heterocycles. The van der Waals surface area contributed by atoms with Crippen molar-refractivity contribution in [3.05, 3.63) is 63.9 Å². The van der Waals surface area contributed by atoms with E-state index >= 15 is 0 Å². The Bertz CT molecular complexity index is 560. The van der Waals surface area contributed by atoms with Crippen molar-refractivity contribution >= 4 is 15.9 Å². The normalized spacial score (nSPS) is 10.5. The number of nitrogens with two attached hydrogens (primary N) is 1. The Hall–Kier alpha value is -1.39. The highest BCUT2D eigenvalue weighted by Crippen LogP contribution is 2.24. The molecule has 0 unspecified atom stereocenters. The Labute approximate surface area is 120 Å². The monoisotopic (exact) mass is 323 g/mol. The summed E-state index contributed by atoms with van der Waals surface area (Å²) in [6.45, 7) is 0.906. The van der Waals surface area contributed by atoms with Crippen molar-refractivity contribution in [1.82, 2.24) is 0 Å². The number of ether oxygens (including phenoxy) is 1. The Morgan fingerprint density at radius 3 is 2.74 bits per heavy atom. The fourth-order valence-corrected chi connectivity index (χ4v) is 2.24. The number of hydrogen-bond acceptors (Lipinski definition) is 2. The SMILES string of the molecule is NCCc1cc(Br)ccc1OCc1cccc(F)c1. The van der Waals surface area contributed by atoms with Gasteiger partial charge in [-0.2, -0.15) is 0 Å². The highest BCUT2D eigenvalue weighted by molar-refractivity contribution is 9.10. The molecule has 0 spiro atoms. The van der Waals surface area contributed by atoms with Gasteiger partial charge >= 0.3 is 0 Å². The molecule has 0 fully saturated rings. The zero-order valence-corrected chi connectivity index (χ0v) is 12.0. The Balaban J connectivity index is 2.10. The number of benzene rings is 2. The second-order valence-electron chi connectivity index (χ2n) is 4.21. The summed E-state index contributed by atoms with van der Waals surface area (Å²) in [5.74, 6) is 0.539. The van der Waals surface area contributed by atoms with Crippen molar-refractivity contribution in [1.29, 1.82) is 0 Å². The Kier molecular flexibility index (Phi) is 4.93. The molecular weight excluding hydrogens is 309 g/mol. The Morgan fingerprint density at radius 2 is 2.00 bits per heavy atom. The van der Waals surface area contributed by atoms with Crippen LogP contribution in [0.3, 0.4) is 0 Å². The van der Waals surface area contributed by atoms with Gasteiger partial charge in [-0.25, -0.2) is 4.39 Å². The molecule has 0 heterocycles. The third-order valence-electron chi connectivity index (χ3n) is 2.72.